The van der Waals surface area contributed by atoms with Crippen molar-refractivity contribution < 1.29 is 14.6 Å². The second-order valence-electron chi connectivity index (χ2n) is 6.77. The number of nitrogens with one attached hydrogen (secondary N) is 2. The first-order chi connectivity index (χ1) is 11.5. The molecule has 1 saturated heterocycles. The Labute approximate surface area is 170 Å². The van der Waals surface area contributed by atoms with E-state index in [1.165, 1.54) is 0 Å². The van der Waals surface area contributed by atoms with Gasteiger partial charge in [-0.2, -0.15) is 0 Å². The molecule has 0 spiro atoms. The van der Waals surface area contributed by atoms with Crippen LogP contribution in [0.15, 0.2) is 4.99 Å². The number of hydrogen-bond acceptors (Lipinski definition) is 4. The van der Waals surface area contributed by atoms with Gasteiger partial charge in [-0.05, 0) is 19.8 Å². The Morgan fingerprint density at radius 3 is 2.24 bits per heavy atom. The molecule has 0 aromatic carbocycles. The molecule has 1 aliphatic rings. The molecule has 0 atom stereocenters. The zero-order valence-corrected chi connectivity index (χ0v) is 18.7. The summed E-state index contributed by atoms with van der Waals surface area (Å²) in [6.07, 6.45) is 5.24. The van der Waals surface area contributed by atoms with Crippen LogP contribution in [0.2, 0.25) is 0 Å². The zero-order valence-electron chi connectivity index (χ0n) is 16.4. The molecule has 1 rings (SSSR count). The largest absolute Gasteiger partial charge is 0.388 e. The molecule has 1 heterocycles. The lowest BCUT2D eigenvalue weighted by Gasteiger charge is -2.36. The maximum Gasteiger partial charge on any atom is 0.191 e. The maximum atomic E-state index is 10.7. The summed E-state index contributed by atoms with van der Waals surface area (Å²) in [7, 11) is 1.76. The molecule has 0 amide bonds. The Morgan fingerprint density at radius 1 is 1.16 bits per heavy atom. The molecule has 6 nitrogen and oxygen atoms in total. The number of guanidine groups is 1. The van der Waals surface area contributed by atoms with E-state index in [0.717, 1.165) is 64.2 Å². The van der Waals surface area contributed by atoms with Gasteiger partial charge in [0, 0.05) is 46.3 Å². The van der Waals surface area contributed by atoms with Crippen LogP contribution in [0.25, 0.3) is 0 Å². The molecular formula is C18H38IN3O3. The Kier molecular flexibility index (Phi) is 13.0. The molecule has 1 aliphatic heterocycles. The van der Waals surface area contributed by atoms with Crippen molar-refractivity contribution in [3.8, 4) is 0 Å². The van der Waals surface area contributed by atoms with Crippen molar-refractivity contribution in [3.63, 3.8) is 0 Å². The van der Waals surface area contributed by atoms with Crippen molar-refractivity contribution in [2.75, 3.05) is 40.0 Å². The lowest BCUT2D eigenvalue weighted by molar-refractivity contribution is -0.0855. The highest BCUT2D eigenvalue weighted by atomic mass is 127. The molecule has 7 heteroatoms. The van der Waals surface area contributed by atoms with Crippen LogP contribution in [0, 0.1) is 0 Å². The summed E-state index contributed by atoms with van der Waals surface area (Å²) in [6.45, 7) is 9.61. The minimum absolute atomic E-state index is 0. The van der Waals surface area contributed by atoms with Crippen LogP contribution in [0.1, 0.15) is 59.3 Å². The van der Waals surface area contributed by atoms with E-state index in [0.29, 0.717) is 13.1 Å². The molecule has 25 heavy (non-hydrogen) atoms. The molecule has 0 aliphatic carbocycles. The van der Waals surface area contributed by atoms with Gasteiger partial charge in [0.05, 0.1) is 17.7 Å². The van der Waals surface area contributed by atoms with Gasteiger partial charge in [0.2, 0.25) is 0 Å². The van der Waals surface area contributed by atoms with Gasteiger partial charge in [-0.15, -0.1) is 24.0 Å². The number of rotatable bonds is 10. The van der Waals surface area contributed by atoms with Crippen molar-refractivity contribution in [3.05, 3.63) is 0 Å². The summed E-state index contributed by atoms with van der Waals surface area (Å²) in [5.74, 6) is 0.742. The molecular weight excluding hydrogens is 433 g/mol. The third-order valence-electron chi connectivity index (χ3n) is 4.72. The first kappa shape index (κ1) is 24.9. The number of aliphatic imine (C=N–C) groups is 1. The van der Waals surface area contributed by atoms with Crippen LogP contribution in [-0.2, 0) is 9.47 Å². The van der Waals surface area contributed by atoms with Crippen LogP contribution < -0.4 is 10.6 Å². The van der Waals surface area contributed by atoms with Gasteiger partial charge >= 0.3 is 0 Å². The first-order valence-electron chi connectivity index (χ1n) is 9.40. The molecule has 0 aromatic heterocycles. The standard InChI is InChI=1S/C18H37N3O3.HI/c1-5-8-17(22,9-6-2)14-20-16(19-7-3)21-15-18(23-4)10-12-24-13-11-18;/h22H,5-15H2,1-4H3,(H2,19,20,21);1H. The second kappa shape index (κ2) is 13.1. The zero-order chi connectivity index (χ0) is 17.9. The van der Waals surface area contributed by atoms with E-state index < -0.39 is 5.60 Å². The van der Waals surface area contributed by atoms with Crippen molar-refractivity contribution in [1.29, 1.82) is 0 Å². The van der Waals surface area contributed by atoms with Crippen molar-refractivity contribution in [2.24, 2.45) is 4.99 Å². The van der Waals surface area contributed by atoms with Crippen molar-refractivity contribution in [2.45, 2.75) is 70.5 Å². The number of ether oxygens (including phenoxy) is 2. The van der Waals surface area contributed by atoms with Gasteiger partial charge in [0.1, 0.15) is 0 Å². The number of hydrogen-bond donors (Lipinski definition) is 3. The molecule has 1 fully saturated rings. The highest BCUT2D eigenvalue weighted by Crippen LogP contribution is 2.23. The third kappa shape index (κ3) is 8.88. The summed E-state index contributed by atoms with van der Waals surface area (Å²) < 4.78 is 11.2. The maximum absolute atomic E-state index is 10.7. The van der Waals surface area contributed by atoms with E-state index >= 15 is 0 Å². The van der Waals surface area contributed by atoms with Crippen LogP contribution in [0.5, 0.6) is 0 Å². The van der Waals surface area contributed by atoms with E-state index in [4.69, 9.17) is 9.47 Å². The monoisotopic (exact) mass is 471 g/mol. The average Bonchev–Trinajstić information content (AvgIpc) is 2.59. The summed E-state index contributed by atoms with van der Waals surface area (Å²) in [4.78, 5) is 4.63. The first-order valence-corrected chi connectivity index (χ1v) is 9.40. The molecule has 0 radical (unpaired) electrons. The number of halogens is 1. The Hall–Kier alpha value is -0.120. The topological polar surface area (TPSA) is 75.1 Å². The highest BCUT2D eigenvalue weighted by Gasteiger charge is 2.32. The Morgan fingerprint density at radius 2 is 1.76 bits per heavy atom. The summed E-state index contributed by atoms with van der Waals surface area (Å²) in [6, 6.07) is 0. The number of methoxy groups -OCH3 is 1. The van der Waals surface area contributed by atoms with Gasteiger partial charge in [-0.25, -0.2) is 0 Å². The average molecular weight is 471 g/mol. The van der Waals surface area contributed by atoms with E-state index in [1.54, 1.807) is 7.11 Å². The lowest BCUT2D eigenvalue weighted by Crippen LogP contribution is -2.51. The van der Waals surface area contributed by atoms with E-state index in [1.807, 2.05) is 6.92 Å². The van der Waals surface area contributed by atoms with E-state index in [2.05, 4.69) is 29.5 Å². The number of nitrogens with zero attached hydrogens (tertiary/aromatic N) is 1. The second-order valence-corrected chi connectivity index (χ2v) is 6.77. The van der Waals surface area contributed by atoms with Gasteiger partial charge in [0.25, 0.3) is 0 Å². The summed E-state index contributed by atoms with van der Waals surface area (Å²) in [5, 5.41) is 17.4. The van der Waals surface area contributed by atoms with Crippen molar-refractivity contribution in [1.82, 2.24) is 10.6 Å². The van der Waals surface area contributed by atoms with Crippen LogP contribution in [0.3, 0.4) is 0 Å². The quantitative estimate of drug-likeness (QED) is 0.260. The smallest absolute Gasteiger partial charge is 0.191 e. The molecule has 3 N–H and O–H groups in total. The highest BCUT2D eigenvalue weighted by molar-refractivity contribution is 14.0. The molecule has 150 valence electrons. The third-order valence-corrected chi connectivity index (χ3v) is 4.72. The Bertz CT molecular complexity index is 369. The number of aliphatic hydroxyl groups is 1. The van der Waals surface area contributed by atoms with Crippen LogP contribution in [0.4, 0.5) is 0 Å². The minimum Gasteiger partial charge on any atom is -0.388 e. The van der Waals surface area contributed by atoms with Gasteiger partial charge < -0.3 is 25.2 Å². The van der Waals surface area contributed by atoms with Gasteiger partial charge in [-0.1, -0.05) is 26.7 Å². The van der Waals surface area contributed by atoms with Crippen LogP contribution in [-0.4, -0.2) is 62.2 Å². The fraction of sp³-hybridized carbons (Fsp3) is 0.944. The fourth-order valence-electron chi connectivity index (χ4n) is 3.22. The molecule has 0 bridgehead atoms. The van der Waals surface area contributed by atoms with Crippen LogP contribution >= 0.6 is 24.0 Å². The van der Waals surface area contributed by atoms with E-state index in [-0.39, 0.29) is 29.6 Å². The SMILES string of the molecule is CCCC(O)(CCC)CN=C(NCC)NCC1(OC)CCOCC1.I. The normalized spacial score (nSPS) is 17.7. The minimum atomic E-state index is -0.705. The summed E-state index contributed by atoms with van der Waals surface area (Å²) in [5.41, 5.74) is -0.902. The predicted octanol–water partition coefficient (Wildman–Crippen LogP) is 2.69. The molecule has 0 aromatic rings. The lowest BCUT2D eigenvalue weighted by atomic mass is 9.93. The molecule has 0 saturated carbocycles. The molecule has 0 unspecified atom stereocenters. The summed E-state index contributed by atoms with van der Waals surface area (Å²) >= 11 is 0. The van der Waals surface area contributed by atoms with Gasteiger partial charge in [-0.3, -0.25) is 4.99 Å². The fourth-order valence-corrected chi connectivity index (χ4v) is 3.22. The van der Waals surface area contributed by atoms with Crippen molar-refractivity contribution >= 4 is 29.9 Å². The predicted molar refractivity (Wildman–Crippen MR) is 114 cm³/mol. The van der Waals surface area contributed by atoms with Gasteiger partial charge in [0.15, 0.2) is 5.96 Å². The Balaban J connectivity index is 0.00000576. The van der Waals surface area contributed by atoms with E-state index in [9.17, 15) is 5.11 Å².